The Labute approximate surface area is 168 Å². The Morgan fingerprint density at radius 3 is 2.54 bits per heavy atom. The van der Waals surface area contributed by atoms with Gasteiger partial charge in [-0.1, -0.05) is 19.3 Å². The third-order valence-electron chi connectivity index (χ3n) is 6.03. The predicted molar refractivity (Wildman–Crippen MR) is 109 cm³/mol. The first-order chi connectivity index (χ1) is 13.2. The van der Waals surface area contributed by atoms with Crippen molar-refractivity contribution in [2.75, 3.05) is 12.8 Å². The molecule has 158 valence electrons. The van der Waals surface area contributed by atoms with Crippen LogP contribution in [0.4, 0.5) is 0 Å². The number of hydrogen-bond donors (Lipinski definition) is 1. The topological polar surface area (TPSA) is 84.3 Å². The molecule has 0 bridgehead atoms. The summed E-state index contributed by atoms with van der Waals surface area (Å²) in [4.78, 5) is 18.1. The van der Waals surface area contributed by atoms with E-state index in [4.69, 9.17) is 0 Å². The zero-order chi connectivity index (χ0) is 20.3. The summed E-state index contributed by atoms with van der Waals surface area (Å²) >= 11 is 0. The lowest BCUT2D eigenvalue weighted by Gasteiger charge is -2.30. The molecule has 1 aliphatic heterocycles. The van der Waals surface area contributed by atoms with Gasteiger partial charge in [0.25, 0.3) is 0 Å². The van der Waals surface area contributed by atoms with Crippen LogP contribution in [0.15, 0.2) is 11.4 Å². The Morgan fingerprint density at radius 1 is 1.25 bits per heavy atom. The van der Waals surface area contributed by atoms with Crippen molar-refractivity contribution in [1.29, 1.82) is 0 Å². The number of rotatable bonds is 8. The largest absolute Gasteiger partial charge is 0.352 e. The van der Waals surface area contributed by atoms with Crippen LogP contribution in [0.1, 0.15) is 64.5 Å². The minimum atomic E-state index is -3.37. The molecule has 1 amide bonds. The third kappa shape index (κ3) is 5.35. The van der Waals surface area contributed by atoms with Gasteiger partial charge in [0.2, 0.25) is 20.9 Å². The van der Waals surface area contributed by atoms with Crippen LogP contribution < -0.4 is 5.32 Å². The molecular formula is C20H34N4O3S. The van der Waals surface area contributed by atoms with Crippen molar-refractivity contribution in [2.24, 2.45) is 5.92 Å². The molecule has 2 fully saturated rings. The van der Waals surface area contributed by atoms with Crippen LogP contribution in [-0.2, 0) is 27.7 Å². The third-order valence-corrected chi connectivity index (χ3v) is 7.02. The Morgan fingerprint density at radius 2 is 1.96 bits per heavy atom. The zero-order valence-electron chi connectivity index (χ0n) is 17.4. The molecule has 1 aromatic heterocycles. The zero-order valence-corrected chi connectivity index (χ0v) is 18.2. The van der Waals surface area contributed by atoms with Crippen molar-refractivity contribution in [1.82, 2.24) is 19.8 Å². The molecule has 1 N–H and O–H groups in total. The van der Waals surface area contributed by atoms with E-state index in [1.807, 2.05) is 4.57 Å². The van der Waals surface area contributed by atoms with E-state index in [0.29, 0.717) is 18.9 Å². The van der Waals surface area contributed by atoms with Gasteiger partial charge in [-0.15, -0.1) is 0 Å². The normalized spacial score (nSPS) is 21.6. The Hall–Kier alpha value is -1.41. The van der Waals surface area contributed by atoms with E-state index in [1.54, 1.807) is 6.20 Å². The summed E-state index contributed by atoms with van der Waals surface area (Å²) in [7, 11) is -3.37. The van der Waals surface area contributed by atoms with Gasteiger partial charge in [0, 0.05) is 44.4 Å². The molecule has 1 atom stereocenters. The van der Waals surface area contributed by atoms with Crippen LogP contribution >= 0.6 is 0 Å². The minimum absolute atomic E-state index is 0.121. The fourth-order valence-corrected chi connectivity index (χ4v) is 5.24. The summed E-state index contributed by atoms with van der Waals surface area (Å²) < 4.78 is 26.5. The highest BCUT2D eigenvalue weighted by atomic mass is 32.2. The quantitative estimate of drug-likeness (QED) is 0.711. The van der Waals surface area contributed by atoms with Crippen molar-refractivity contribution in [2.45, 2.75) is 89.1 Å². The summed E-state index contributed by atoms with van der Waals surface area (Å²) in [6.45, 7) is 6.40. The summed E-state index contributed by atoms with van der Waals surface area (Å²) in [5, 5.41) is 3.22. The van der Waals surface area contributed by atoms with E-state index in [-0.39, 0.29) is 23.1 Å². The van der Waals surface area contributed by atoms with E-state index in [9.17, 15) is 13.2 Å². The van der Waals surface area contributed by atoms with Gasteiger partial charge in [0.1, 0.15) is 0 Å². The maximum atomic E-state index is 12.3. The van der Waals surface area contributed by atoms with Gasteiger partial charge in [-0.3, -0.25) is 9.69 Å². The highest BCUT2D eigenvalue weighted by Gasteiger charge is 2.27. The van der Waals surface area contributed by atoms with E-state index in [0.717, 1.165) is 38.0 Å². The van der Waals surface area contributed by atoms with Crippen LogP contribution in [0.2, 0.25) is 0 Å². The maximum Gasteiger partial charge on any atom is 0.227 e. The Bertz CT molecular complexity index is 781. The predicted octanol–water partition coefficient (Wildman–Crippen LogP) is 2.36. The molecule has 0 radical (unpaired) electrons. The molecule has 3 rings (SSSR count). The molecule has 1 aliphatic carbocycles. The van der Waals surface area contributed by atoms with Crippen LogP contribution in [0.25, 0.3) is 0 Å². The lowest BCUT2D eigenvalue weighted by Crippen LogP contribution is -2.42. The van der Waals surface area contributed by atoms with Gasteiger partial charge < -0.3 is 9.88 Å². The molecule has 1 unspecified atom stereocenters. The van der Waals surface area contributed by atoms with Crippen LogP contribution in [0, 0.1) is 5.92 Å². The summed E-state index contributed by atoms with van der Waals surface area (Å²) in [6, 6.07) is 0.455. The molecule has 0 spiro atoms. The monoisotopic (exact) mass is 410 g/mol. The molecular weight excluding hydrogens is 376 g/mol. The van der Waals surface area contributed by atoms with Gasteiger partial charge in [-0.2, -0.15) is 0 Å². The second-order valence-electron chi connectivity index (χ2n) is 8.75. The van der Waals surface area contributed by atoms with Crippen molar-refractivity contribution >= 4 is 15.7 Å². The molecule has 2 heterocycles. The summed E-state index contributed by atoms with van der Waals surface area (Å²) in [6.07, 6.45) is 10.5. The molecule has 8 heteroatoms. The number of aromatic nitrogens is 2. The molecule has 1 saturated carbocycles. The average molecular weight is 411 g/mol. The molecule has 28 heavy (non-hydrogen) atoms. The second-order valence-corrected chi connectivity index (χ2v) is 10.7. The fraction of sp³-hybridized carbons (Fsp3) is 0.800. The summed E-state index contributed by atoms with van der Waals surface area (Å²) in [5.74, 6) is 0.638. The second kappa shape index (κ2) is 8.95. The Balaban J connectivity index is 1.80. The van der Waals surface area contributed by atoms with Crippen molar-refractivity contribution in [3.63, 3.8) is 0 Å². The van der Waals surface area contributed by atoms with Crippen LogP contribution in [-0.4, -0.2) is 53.7 Å². The van der Waals surface area contributed by atoms with Gasteiger partial charge in [-0.05, 0) is 39.0 Å². The van der Waals surface area contributed by atoms with E-state index in [1.165, 1.54) is 25.5 Å². The van der Waals surface area contributed by atoms with E-state index < -0.39 is 9.84 Å². The number of hydrogen-bond acceptors (Lipinski definition) is 5. The van der Waals surface area contributed by atoms with Crippen molar-refractivity contribution in [3.8, 4) is 0 Å². The number of nitrogens with one attached hydrogen (secondary N) is 1. The first kappa shape index (κ1) is 21.3. The van der Waals surface area contributed by atoms with Crippen molar-refractivity contribution in [3.05, 3.63) is 11.9 Å². The molecule has 2 aliphatic rings. The van der Waals surface area contributed by atoms with Crippen LogP contribution in [0.5, 0.6) is 0 Å². The number of imidazole rings is 1. The highest BCUT2D eigenvalue weighted by molar-refractivity contribution is 7.90. The smallest absolute Gasteiger partial charge is 0.227 e. The van der Waals surface area contributed by atoms with E-state index in [2.05, 4.69) is 29.0 Å². The molecule has 7 nitrogen and oxygen atoms in total. The van der Waals surface area contributed by atoms with Crippen LogP contribution in [0.3, 0.4) is 0 Å². The first-order valence-electron chi connectivity index (χ1n) is 10.5. The number of amides is 1. The summed E-state index contributed by atoms with van der Waals surface area (Å²) in [5.41, 5.74) is 0.948. The SMILES string of the molecule is CC(C)N(Cc1cnc(S(C)(=O)=O)n1CC1CCCCC1)CC1CCC(=O)N1. The number of carbonyl (C=O) groups is 1. The molecule has 1 saturated heterocycles. The first-order valence-corrected chi connectivity index (χ1v) is 12.4. The van der Waals surface area contributed by atoms with Gasteiger partial charge in [0.05, 0.1) is 11.9 Å². The van der Waals surface area contributed by atoms with Gasteiger partial charge >= 0.3 is 0 Å². The minimum Gasteiger partial charge on any atom is -0.352 e. The standard InChI is InChI=1S/C20H34N4O3S/c1-15(2)23(13-17-9-10-19(25)22-17)14-18-11-21-20(28(3,26)27)24(18)12-16-7-5-4-6-8-16/h11,15-17H,4-10,12-14H2,1-3H3,(H,22,25). The van der Waals surface area contributed by atoms with Gasteiger partial charge in [0.15, 0.2) is 0 Å². The number of carbonyl (C=O) groups excluding carboxylic acids is 1. The van der Waals surface area contributed by atoms with Crippen molar-refractivity contribution < 1.29 is 13.2 Å². The lowest BCUT2D eigenvalue weighted by molar-refractivity contribution is -0.119. The van der Waals surface area contributed by atoms with Gasteiger partial charge in [-0.25, -0.2) is 13.4 Å². The number of nitrogens with zero attached hydrogens (tertiary/aromatic N) is 3. The maximum absolute atomic E-state index is 12.3. The Kier molecular flexibility index (Phi) is 6.81. The average Bonchev–Trinajstić information content (AvgIpc) is 3.21. The van der Waals surface area contributed by atoms with E-state index >= 15 is 0 Å². The number of sulfone groups is 1. The fourth-order valence-electron chi connectivity index (χ4n) is 4.40. The molecule has 1 aromatic rings. The molecule has 0 aromatic carbocycles. The highest BCUT2D eigenvalue weighted by Crippen LogP contribution is 2.27. The lowest BCUT2D eigenvalue weighted by atomic mass is 9.89.